The predicted octanol–water partition coefficient (Wildman–Crippen LogP) is 1.61. The highest BCUT2D eigenvalue weighted by molar-refractivity contribution is 6.30. The second-order valence-electron chi connectivity index (χ2n) is 3.84. The summed E-state index contributed by atoms with van der Waals surface area (Å²) in [6, 6.07) is 3.19. The van der Waals surface area contributed by atoms with Gasteiger partial charge in [-0.05, 0) is 13.0 Å². The Kier molecular flexibility index (Phi) is 3.20. The van der Waals surface area contributed by atoms with Crippen LogP contribution in [0.2, 0.25) is 5.15 Å². The standard InChI is InChI=1S/C11H12ClN5O/c1-6-3-10(17(2)16-6)15-11(18)7-4-9(12)14-5-8(7)13/h3-5H,13H2,1-2H3,(H,15,18). The zero-order chi connectivity index (χ0) is 13.3. The molecule has 0 atom stereocenters. The maximum atomic E-state index is 12.0. The van der Waals surface area contributed by atoms with Crippen LogP contribution in [0.4, 0.5) is 11.5 Å². The number of nitrogens with zero attached hydrogens (tertiary/aromatic N) is 3. The van der Waals surface area contributed by atoms with Crippen LogP contribution in [0.1, 0.15) is 16.1 Å². The van der Waals surface area contributed by atoms with E-state index in [0.717, 1.165) is 5.69 Å². The number of halogens is 1. The molecule has 94 valence electrons. The Morgan fingerprint density at radius 3 is 2.83 bits per heavy atom. The highest BCUT2D eigenvalue weighted by Gasteiger charge is 2.13. The van der Waals surface area contributed by atoms with Gasteiger partial charge >= 0.3 is 0 Å². The molecule has 18 heavy (non-hydrogen) atoms. The molecule has 6 nitrogen and oxygen atoms in total. The second-order valence-corrected chi connectivity index (χ2v) is 4.23. The SMILES string of the molecule is Cc1cc(NC(=O)c2cc(Cl)ncc2N)n(C)n1. The Morgan fingerprint density at radius 2 is 2.22 bits per heavy atom. The van der Waals surface area contributed by atoms with E-state index < -0.39 is 0 Å². The number of amides is 1. The fraction of sp³-hybridized carbons (Fsp3) is 0.182. The van der Waals surface area contributed by atoms with Crippen molar-refractivity contribution in [3.63, 3.8) is 0 Å². The molecule has 0 unspecified atom stereocenters. The largest absolute Gasteiger partial charge is 0.397 e. The molecule has 0 saturated carbocycles. The van der Waals surface area contributed by atoms with Crippen LogP contribution in [-0.4, -0.2) is 20.7 Å². The Bertz CT molecular complexity index is 607. The summed E-state index contributed by atoms with van der Waals surface area (Å²) in [7, 11) is 1.74. The molecule has 2 heterocycles. The van der Waals surface area contributed by atoms with Crippen molar-refractivity contribution in [1.82, 2.24) is 14.8 Å². The molecule has 0 aliphatic carbocycles. The summed E-state index contributed by atoms with van der Waals surface area (Å²) in [6.07, 6.45) is 1.35. The minimum Gasteiger partial charge on any atom is -0.397 e. The third-order valence-corrected chi connectivity index (χ3v) is 2.60. The van der Waals surface area contributed by atoms with Gasteiger partial charge in [0.05, 0.1) is 23.1 Å². The van der Waals surface area contributed by atoms with Gasteiger partial charge in [0.25, 0.3) is 5.91 Å². The predicted molar refractivity (Wildman–Crippen MR) is 69.6 cm³/mol. The smallest absolute Gasteiger partial charge is 0.259 e. The average Bonchev–Trinajstić information content (AvgIpc) is 2.61. The molecular weight excluding hydrogens is 254 g/mol. The number of aromatic nitrogens is 3. The molecule has 3 N–H and O–H groups in total. The van der Waals surface area contributed by atoms with Crippen molar-refractivity contribution in [3.8, 4) is 0 Å². The molecule has 2 aromatic heterocycles. The molecular formula is C11H12ClN5O. The Morgan fingerprint density at radius 1 is 1.50 bits per heavy atom. The summed E-state index contributed by atoms with van der Waals surface area (Å²) >= 11 is 5.74. The lowest BCUT2D eigenvalue weighted by Gasteiger charge is -2.07. The van der Waals surface area contributed by atoms with Gasteiger partial charge in [-0.25, -0.2) is 4.98 Å². The highest BCUT2D eigenvalue weighted by Crippen LogP contribution is 2.17. The lowest BCUT2D eigenvalue weighted by atomic mass is 10.2. The Hall–Kier alpha value is -2.08. The van der Waals surface area contributed by atoms with Crippen molar-refractivity contribution in [2.75, 3.05) is 11.1 Å². The molecule has 0 spiro atoms. The Labute approximate surface area is 109 Å². The van der Waals surface area contributed by atoms with Crippen molar-refractivity contribution in [2.24, 2.45) is 7.05 Å². The summed E-state index contributed by atoms with van der Waals surface area (Å²) in [6.45, 7) is 1.84. The van der Waals surface area contributed by atoms with E-state index in [0.29, 0.717) is 5.82 Å². The van der Waals surface area contributed by atoms with Crippen LogP contribution >= 0.6 is 11.6 Å². The zero-order valence-corrected chi connectivity index (χ0v) is 10.7. The van der Waals surface area contributed by atoms with Gasteiger partial charge in [-0.2, -0.15) is 5.10 Å². The minimum atomic E-state index is -0.347. The summed E-state index contributed by atoms with van der Waals surface area (Å²) < 4.78 is 1.58. The van der Waals surface area contributed by atoms with Crippen LogP contribution in [-0.2, 0) is 7.05 Å². The fourth-order valence-corrected chi connectivity index (χ4v) is 1.71. The first kappa shape index (κ1) is 12.4. The first-order valence-corrected chi connectivity index (χ1v) is 5.58. The van der Waals surface area contributed by atoms with Gasteiger partial charge in [0.1, 0.15) is 11.0 Å². The lowest BCUT2D eigenvalue weighted by Crippen LogP contribution is -2.16. The maximum Gasteiger partial charge on any atom is 0.259 e. The quantitative estimate of drug-likeness (QED) is 0.808. The molecule has 0 saturated heterocycles. The monoisotopic (exact) mass is 265 g/mol. The molecule has 2 aromatic rings. The maximum absolute atomic E-state index is 12.0. The number of nitrogens with one attached hydrogen (secondary N) is 1. The minimum absolute atomic E-state index is 0.218. The molecule has 0 radical (unpaired) electrons. The van der Waals surface area contributed by atoms with Crippen LogP contribution in [0, 0.1) is 6.92 Å². The molecule has 0 aliphatic heterocycles. The summed E-state index contributed by atoms with van der Waals surface area (Å²) in [5.41, 5.74) is 7.06. The molecule has 0 fully saturated rings. The average molecular weight is 266 g/mol. The number of rotatable bonds is 2. The second kappa shape index (κ2) is 4.66. The van der Waals surface area contributed by atoms with E-state index in [9.17, 15) is 4.79 Å². The van der Waals surface area contributed by atoms with Gasteiger partial charge in [0.2, 0.25) is 0 Å². The van der Waals surface area contributed by atoms with Gasteiger partial charge < -0.3 is 11.1 Å². The van der Waals surface area contributed by atoms with Gasteiger partial charge in [0, 0.05) is 13.1 Å². The number of hydrogen-bond acceptors (Lipinski definition) is 4. The van der Waals surface area contributed by atoms with Gasteiger partial charge in [0.15, 0.2) is 0 Å². The van der Waals surface area contributed by atoms with E-state index in [4.69, 9.17) is 17.3 Å². The van der Waals surface area contributed by atoms with E-state index in [-0.39, 0.29) is 22.3 Å². The van der Waals surface area contributed by atoms with Crippen LogP contribution in [0.5, 0.6) is 0 Å². The van der Waals surface area contributed by atoms with Crippen molar-refractivity contribution in [3.05, 3.63) is 34.7 Å². The summed E-state index contributed by atoms with van der Waals surface area (Å²) in [4.78, 5) is 15.8. The highest BCUT2D eigenvalue weighted by atomic mass is 35.5. The fourth-order valence-electron chi connectivity index (χ4n) is 1.55. The van der Waals surface area contributed by atoms with E-state index in [1.54, 1.807) is 17.8 Å². The van der Waals surface area contributed by atoms with Crippen molar-refractivity contribution < 1.29 is 4.79 Å². The van der Waals surface area contributed by atoms with E-state index in [1.165, 1.54) is 12.3 Å². The molecule has 2 rings (SSSR count). The number of anilines is 2. The molecule has 1 amide bonds. The number of nitrogen functional groups attached to an aromatic ring is 1. The van der Waals surface area contributed by atoms with E-state index >= 15 is 0 Å². The first-order valence-electron chi connectivity index (χ1n) is 5.20. The van der Waals surface area contributed by atoms with Crippen LogP contribution < -0.4 is 11.1 Å². The molecule has 0 bridgehead atoms. The lowest BCUT2D eigenvalue weighted by molar-refractivity contribution is 0.102. The number of hydrogen-bond donors (Lipinski definition) is 2. The van der Waals surface area contributed by atoms with Gasteiger partial charge in [-0.1, -0.05) is 11.6 Å². The van der Waals surface area contributed by atoms with Gasteiger partial charge in [-0.3, -0.25) is 9.48 Å². The normalized spacial score (nSPS) is 10.4. The third-order valence-electron chi connectivity index (χ3n) is 2.39. The van der Waals surface area contributed by atoms with Crippen LogP contribution in [0.3, 0.4) is 0 Å². The number of nitrogens with two attached hydrogens (primary N) is 1. The first-order chi connectivity index (χ1) is 8.47. The molecule has 0 aliphatic rings. The number of aryl methyl sites for hydroxylation is 2. The van der Waals surface area contributed by atoms with Crippen molar-refractivity contribution in [2.45, 2.75) is 6.92 Å². The molecule has 0 aromatic carbocycles. The number of carbonyl (C=O) groups is 1. The van der Waals surface area contributed by atoms with Crippen LogP contribution in [0.15, 0.2) is 18.3 Å². The Balaban J connectivity index is 2.27. The van der Waals surface area contributed by atoms with Crippen molar-refractivity contribution in [1.29, 1.82) is 0 Å². The third kappa shape index (κ3) is 2.43. The van der Waals surface area contributed by atoms with Crippen LogP contribution in [0.25, 0.3) is 0 Å². The summed E-state index contributed by atoms with van der Waals surface area (Å²) in [5, 5.41) is 7.06. The topological polar surface area (TPSA) is 85.8 Å². The van der Waals surface area contributed by atoms with E-state index in [2.05, 4.69) is 15.4 Å². The molecule has 7 heteroatoms. The zero-order valence-electron chi connectivity index (χ0n) is 9.94. The number of carbonyl (C=O) groups excluding carboxylic acids is 1. The number of pyridine rings is 1. The van der Waals surface area contributed by atoms with Gasteiger partial charge in [-0.15, -0.1) is 0 Å². The summed E-state index contributed by atoms with van der Waals surface area (Å²) in [5.74, 6) is 0.240. The van der Waals surface area contributed by atoms with E-state index in [1.807, 2.05) is 6.92 Å². The van der Waals surface area contributed by atoms with Crippen molar-refractivity contribution >= 4 is 29.0 Å².